The average molecular weight is 320 g/mol. The highest BCUT2D eigenvalue weighted by atomic mass is 32.2. The fraction of sp³-hybridized carbons (Fsp3) is 0.375. The van der Waals surface area contributed by atoms with Crippen LogP contribution in [0.5, 0.6) is 0 Å². The molecule has 2 rings (SSSR count). The van der Waals surface area contributed by atoms with Gasteiger partial charge in [-0.25, -0.2) is 0 Å². The third-order valence-electron chi connectivity index (χ3n) is 3.37. The first-order chi connectivity index (χ1) is 10.6. The van der Waals surface area contributed by atoms with Gasteiger partial charge in [0.15, 0.2) is 5.78 Å². The number of amides is 1. The minimum Gasteiger partial charge on any atom is -0.510 e. The molecule has 1 aromatic rings. The molecule has 0 aliphatic heterocycles. The first kappa shape index (κ1) is 16.4. The van der Waals surface area contributed by atoms with E-state index in [0.717, 1.165) is 24.3 Å². The highest BCUT2D eigenvalue weighted by Crippen LogP contribution is 2.18. The van der Waals surface area contributed by atoms with Crippen molar-refractivity contribution in [2.24, 2.45) is 0 Å². The SMILES string of the molecule is CSCCCn1ccc(/C=C/C(=O)NC2=C(O)CCC2=O)c1. The lowest BCUT2D eigenvalue weighted by atomic mass is 10.3. The lowest BCUT2D eigenvalue weighted by molar-refractivity contribution is -0.119. The highest BCUT2D eigenvalue weighted by Gasteiger charge is 2.23. The van der Waals surface area contributed by atoms with Crippen LogP contribution in [-0.4, -0.2) is 33.4 Å². The zero-order chi connectivity index (χ0) is 15.9. The van der Waals surface area contributed by atoms with Crippen molar-refractivity contribution in [3.8, 4) is 0 Å². The van der Waals surface area contributed by atoms with E-state index in [1.54, 1.807) is 6.08 Å². The Morgan fingerprint density at radius 1 is 1.50 bits per heavy atom. The van der Waals surface area contributed by atoms with E-state index in [4.69, 9.17) is 0 Å². The van der Waals surface area contributed by atoms with E-state index < -0.39 is 5.91 Å². The Hall–Kier alpha value is -1.95. The minimum absolute atomic E-state index is 0.0317. The van der Waals surface area contributed by atoms with Gasteiger partial charge in [-0.15, -0.1) is 0 Å². The summed E-state index contributed by atoms with van der Waals surface area (Å²) in [7, 11) is 0. The summed E-state index contributed by atoms with van der Waals surface area (Å²) < 4.78 is 2.09. The summed E-state index contributed by atoms with van der Waals surface area (Å²) in [4.78, 5) is 23.2. The molecule has 5 nitrogen and oxygen atoms in total. The molecular weight excluding hydrogens is 300 g/mol. The summed E-state index contributed by atoms with van der Waals surface area (Å²) in [5, 5.41) is 12.0. The molecule has 0 bridgehead atoms. The van der Waals surface area contributed by atoms with Crippen molar-refractivity contribution in [2.45, 2.75) is 25.8 Å². The van der Waals surface area contributed by atoms with Crippen LogP contribution in [0.1, 0.15) is 24.8 Å². The van der Waals surface area contributed by atoms with Crippen molar-refractivity contribution in [3.63, 3.8) is 0 Å². The number of Topliss-reactive ketones (excluding diaryl/α,β-unsaturated/α-hetero) is 1. The molecule has 1 aliphatic carbocycles. The summed E-state index contributed by atoms with van der Waals surface area (Å²) >= 11 is 1.82. The summed E-state index contributed by atoms with van der Waals surface area (Å²) in [5.41, 5.74) is 0.958. The maximum Gasteiger partial charge on any atom is 0.248 e. The largest absolute Gasteiger partial charge is 0.510 e. The highest BCUT2D eigenvalue weighted by molar-refractivity contribution is 7.98. The van der Waals surface area contributed by atoms with Crippen molar-refractivity contribution in [2.75, 3.05) is 12.0 Å². The van der Waals surface area contributed by atoms with Crippen molar-refractivity contribution in [1.82, 2.24) is 9.88 Å². The van der Waals surface area contributed by atoms with Gasteiger partial charge in [-0.3, -0.25) is 9.59 Å². The Bertz CT molecular complexity index is 617. The molecule has 0 atom stereocenters. The molecule has 0 saturated heterocycles. The third-order valence-corrected chi connectivity index (χ3v) is 4.07. The van der Waals surface area contributed by atoms with E-state index >= 15 is 0 Å². The second kappa shape index (κ2) is 7.89. The van der Waals surface area contributed by atoms with Crippen LogP contribution in [0.25, 0.3) is 6.08 Å². The van der Waals surface area contributed by atoms with Crippen LogP contribution < -0.4 is 5.32 Å². The molecule has 0 aromatic carbocycles. The predicted octanol–water partition coefficient (Wildman–Crippen LogP) is 2.50. The number of aliphatic hydroxyl groups excluding tert-OH is 1. The monoisotopic (exact) mass is 320 g/mol. The van der Waals surface area contributed by atoms with Crippen molar-refractivity contribution >= 4 is 29.5 Å². The number of nitrogens with one attached hydrogen (secondary N) is 1. The smallest absolute Gasteiger partial charge is 0.248 e. The molecule has 118 valence electrons. The zero-order valence-electron chi connectivity index (χ0n) is 12.5. The Labute approximate surface area is 134 Å². The molecule has 0 radical (unpaired) electrons. The van der Waals surface area contributed by atoms with E-state index in [9.17, 15) is 14.7 Å². The molecule has 1 heterocycles. The van der Waals surface area contributed by atoms with Gasteiger partial charge in [0.25, 0.3) is 0 Å². The van der Waals surface area contributed by atoms with E-state index in [1.165, 1.54) is 6.08 Å². The standard InChI is InChI=1S/C16H20N2O3S/c1-22-10-2-8-18-9-7-12(11-18)3-6-15(21)17-16-13(19)4-5-14(16)20/h3,6-7,9,11,19H,2,4-5,8,10H2,1H3,(H,17,21)/b6-3+. The number of carbonyl (C=O) groups is 2. The molecule has 2 N–H and O–H groups in total. The Morgan fingerprint density at radius 3 is 3.00 bits per heavy atom. The maximum atomic E-state index is 11.8. The molecule has 0 saturated carbocycles. The second-order valence-corrected chi connectivity index (χ2v) is 6.08. The number of aliphatic hydroxyl groups is 1. The number of hydrogen-bond acceptors (Lipinski definition) is 4. The van der Waals surface area contributed by atoms with Crippen molar-refractivity contribution in [3.05, 3.63) is 41.6 Å². The summed E-state index contributed by atoms with van der Waals surface area (Å²) in [6.45, 7) is 0.955. The van der Waals surface area contributed by atoms with E-state index in [2.05, 4.69) is 16.1 Å². The Kier molecular flexibility index (Phi) is 5.89. The summed E-state index contributed by atoms with van der Waals surface area (Å²) in [6, 6.07) is 1.93. The topological polar surface area (TPSA) is 71.3 Å². The summed E-state index contributed by atoms with van der Waals surface area (Å²) in [5.74, 6) is 0.455. The van der Waals surface area contributed by atoms with E-state index in [0.29, 0.717) is 6.42 Å². The quantitative estimate of drug-likeness (QED) is 0.598. The van der Waals surface area contributed by atoms with Gasteiger partial charge in [-0.2, -0.15) is 11.8 Å². The number of hydrogen-bond donors (Lipinski definition) is 2. The van der Waals surface area contributed by atoms with Crippen LogP contribution in [0, 0.1) is 0 Å². The Morgan fingerprint density at radius 2 is 2.32 bits per heavy atom. The predicted molar refractivity (Wildman–Crippen MR) is 88.5 cm³/mol. The molecule has 0 spiro atoms. The molecule has 0 unspecified atom stereocenters. The number of aromatic nitrogens is 1. The normalized spacial score (nSPS) is 15.0. The molecule has 1 amide bonds. The lowest BCUT2D eigenvalue weighted by Gasteiger charge is -2.01. The number of rotatable bonds is 7. The first-order valence-electron chi connectivity index (χ1n) is 7.19. The van der Waals surface area contributed by atoms with Gasteiger partial charge in [-0.1, -0.05) is 0 Å². The number of thioether (sulfide) groups is 1. The van der Waals surface area contributed by atoms with E-state index in [1.807, 2.05) is 30.2 Å². The summed E-state index contributed by atoms with van der Waals surface area (Å²) in [6.07, 6.45) is 10.8. The van der Waals surface area contributed by atoms with Crippen molar-refractivity contribution in [1.29, 1.82) is 0 Å². The first-order valence-corrected chi connectivity index (χ1v) is 8.58. The number of allylic oxidation sites excluding steroid dienone is 2. The van der Waals surface area contributed by atoms with Crippen LogP contribution in [0.2, 0.25) is 0 Å². The van der Waals surface area contributed by atoms with Crippen molar-refractivity contribution < 1.29 is 14.7 Å². The van der Waals surface area contributed by atoms with Gasteiger partial charge in [-0.05, 0) is 36.1 Å². The molecule has 0 fully saturated rings. The zero-order valence-corrected chi connectivity index (χ0v) is 13.4. The molecule has 1 aliphatic rings. The van der Waals surface area contributed by atoms with Gasteiger partial charge in [0.1, 0.15) is 11.5 Å². The van der Waals surface area contributed by atoms with Gasteiger partial charge < -0.3 is 15.0 Å². The van der Waals surface area contributed by atoms with Gasteiger partial charge in [0.2, 0.25) is 5.91 Å². The number of carbonyl (C=O) groups excluding carboxylic acids is 2. The van der Waals surface area contributed by atoms with Crippen LogP contribution in [0.15, 0.2) is 36.0 Å². The fourth-order valence-electron chi connectivity index (χ4n) is 2.21. The van der Waals surface area contributed by atoms with Gasteiger partial charge >= 0.3 is 0 Å². The average Bonchev–Trinajstić information content (AvgIpc) is 3.07. The van der Waals surface area contributed by atoms with Crippen LogP contribution >= 0.6 is 11.8 Å². The maximum absolute atomic E-state index is 11.8. The molecule has 1 aromatic heterocycles. The number of aryl methyl sites for hydroxylation is 1. The Balaban J connectivity index is 1.87. The number of nitrogens with zero attached hydrogens (tertiary/aromatic N) is 1. The molecule has 6 heteroatoms. The number of ketones is 1. The van der Waals surface area contributed by atoms with Crippen LogP contribution in [0.3, 0.4) is 0 Å². The fourth-order valence-corrected chi connectivity index (χ4v) is 2.63. The second-order valence-electron chi connectivity index (χ2n) is 5.10. The minimum atomic E-state index is -0.410. The molecular formula is C16H20N2O3S. The van der Waals surface area contributed by atoms with Gasteiger partial charge in [0.05, 0.1) is 0 Å². The van der Waals surface area contributed by atoms with Crippen LogP contribution in [0.4, 0.5) is 0 Å². The molecule has 22 heavy (non-hydrogen) atoms. The van der Waals surface area contributed by atoms with E-state index in [-0.39, 0.29) is 23.7 Å². The lowest BCUT2D eigenvalue weighted by Crippen LogP contribution is -2.24. The van der Waals surface area contributed by atoms with Crippen LogP contribution in [-0.2, 0) is 16.1 Å². The van der Waals surface area contributed by atoms with Gasteiger partial charge in [0, 0.05) is 37.9 Å². The third kappa shape index (κ3) is 4.53.